The molecule has 0 spiro atoms. The fourth-order valence-electron chi connectivity index (χ4n) is 2.36. The molecule has 2 heterocycles. The van der Waals surface area contributed by atoms with Gasteiger partial charge in [-0.3, -0.25) is 0 Å². The molecule has 3 aromatic rings. The zero-order chi connectivity index (χ0) is 15.4. The molecule has 1 atom stereocenters. The van der Waals surface area contributed by atoms with E-state index in [-0.39, 0.29) is 12.1 Å². The number of anilines is 1. The van der Waals surface area contributed by atoms with Crippen LogP contribution in [0.2, 0.25) is 0 Å². The van der Waals surface area contributed by atoms with Crippen LogP contribution in [0.4, 0.5) is 10.5 Å². The van der Waals surface area contributed by atoms with Crippen LogP contribution in [0.3, 0.4) is 0 Å². The van der Waals surface area contributed by atoms with E-state index in [1.165, 1.54) is 0 Å². The van der Waals surface area contributed by atoms with E-state index < -0.39 is 0 Å². The van der Waals surface area contributed by atoms with Crippen molar-refractivity contribution in [1.29, 1.82) is 0 Å². The monoisotopic (exact) mass is 299 g/mol. The highest BCUT2D eigenvalue weighted by molar-refractivity contribution is 6.00. The van der Waals surface area contributed by atoms with Crippen molar-refractivity contribution in [3.63, 3.8) is 0 Å². The van der Waals surface area contributed by atoms with Crippen LogP contribution in [0, 0.1) is 0 Å². The number of furan rings is 1. The van der Waals surface area contributed by atoms with Crippen LogP contribution in [-0.4, -0.2) is 24.7 Å². The minimum absolute atomic E-state index is 0.313. The number of hydrogen-bond donors (Lipinski definition) is 3. The van der Waals surface area contributed by atoms with Gasteiger partial charge in [-0.2, -0.15) is 0 Å². The molecule has 0 aliphatic carbocycles. The van der Waals surface area contributed by atoms with Crippen LogP contribution in [-0.2, 0) is 4.74 Å². The maximum absolute atomic E-state index is 12.2. The lowest BCUT2D eigenvalue weighted by atomic mass is 10.2. The highest BCUT2D eigenvalue weighted by Crippen LogP contribution is 2.22. The van der Waals surface area contributed by atoms with E-state index in [1.807, 2.05) is 30.5 Å². The Morgan fingerprint density at radius 1 is 1.32 bits per heavy atom. The van der Waals surface area contributed by atoms with Crippen LogP contribution >= 0.6 is 0 Å². The van der Waals surface area contributed by atoms with Gasteiger partial charge >= 0.3 is 6.03 Å². The Balaban J connectivity index is 1.72. The predicted octanol–water partition coefficient (Wildman–Crippen LogP) is 3.27. The molecule has 1 aromatic carbocycles. The maximum atomic E-state index is 12.2. The lowest BCUT2D eigenvalue weighted by Crippen LogP contribution is -2.34. The third-order valence-corrected chi connectivity index (χ3v) is 3.37. The number of benzene rings is 1. The molecule has 0 aliphatic rings. The van der Waals surface area contributed by atoms with Gasteiger partial charge in [-0.05, 0) is 30.3 Å². The molecule has 0 fully saturated rings. The average Bonchev–Trinajstić information content (AvgIpc) is 3.18. The van der Waals surface area contributed by atoms with Gasteiger partial charge in [0.05, 0.1) is 18.6 Å². The number of carbonyl (C=O) groups is 1. The Hall–Kier alpha value is -2.73. The van der Waals surface area contributed by atoms with Crippen LogP contribution in [0.25, 0.3) is 10.9 Å². The van der Waals surface area contributed by atoms with Crippen LogP contribution in [0.5, 0.6) is 0 Å². The minimum Gasteiger partial charge on any atom is -0.467 e. The van der Waals surface area contributed by atoms with E-state index >= 15 is 0 Å². The second-order valence-corrected chi connectivity index (χ2v) is 4.87. The fourth-order valence-corrected chi connectivity index (χ4v) is 2.36. The van der Waals surface area contributed by atoms with Gasteiger partial charge in [-0.1, -0.05) is 6.07 Å². The van der Waals surface area contributed by atoms with E-state index in [4.69, 9.17) is 9.15 Å². The fraction of sp³-hybridized carbons (Fsp3) is 0.188. The Bertz CT molecular complexity index is 749. The number of fused-ring (bicyclic) bond motifs is 1. The number of methoxy groups -OCH3 is 1. The van der Waals surface area contributed by atoms with Gasteiger partial charge in [0, 0.05) is 24.2 Å². The van der Waals surface area contributed by atoms with Crippen molar-refractivity contribution in [3.05, 3.63) is 54.6 Å². The number of amides is 2. The molecular weight excluding hydrogens is 282 g/mol. The number of carbonyl (C=O) groups excluding carboxylic acids is 1. The summed E-state index contributed by atoms with van der Waals surface area (Å²) in [5.74, 6) is 0.650. The molecular formula is C16H17N3O3. The van der Waals surface area contributed by atoms with E-state index in [1.54, 1.807) is 25.5 Å². The van der Waals surface area contributed by atoms with E-state index in [9.17, 15) is 4.79 Å². The minimum atomic E-state index is -0.342. The summed E-state index contributed by atoms with van der Waals surface area (Å²) in [6.07, 6.45) is 3.41. The van der Waals surface area contributed by atoms with Crippen LogP contribution < -0.4 is 10.6 Å². The van der Waals surface area contributed by atoms with Crippen molar-refractivity contribution in [1.82, 2.24) is 10.3 Å². The summed E-state index contributed by atoms with van der Waals surface area (Å²) in [6.45, 7) is 0.329. The number of aromatic nitrogens is 1. The molecule has 6 heteroatoms. The normalized spacial score (nSPS) is 12.2. The Morgan fingerprint density at radius 3 is 3.00 bits per heavy atom. The first-order valence-corrected chi connectivity index (χ1v) is 6.94. The van der Waals surface area contributed by atoms with E-state index in [0.717, 1.165) is 16.6 Å². The molecule has 2 aromatic heterocycles. The second-order valence-electron chi connectivity index (χ2n) is 4.87. The van der Waals surface area contributed by atoms with Gasteiger partial charge in [-0.25, -0.2) is 4.79 Å². The molecule has 6 nitrogen and oxygen atoms in total. The van der Waals surface area contributed by atoms with Gasteiger partial charge in [0.2, 0.25) is 0 Å². The van der Waals surface area contributed by atoms with Crippen molar-refractivity contribution in [2.24, 2.45) is 0 Å². The zero-order valence-electron chi connectivity index (χ0n) is 12.1. The number of aromatic amines is 1. The second kappa shape index (κ2) is 6.36. The number of rotatable bonds is 5. The lowest BCUT2D eigenvalue weighted by Gasteiger charge is -2.16. The molecule has 114 valence electrons. The lowest BCUT2D eigenvalue weighted by molar-refractivity contribution is 0.159. The quantitative estimate of drug-likeness (QED) is 0.676. The number of ether oxygens (including phenoxy) is 1. The largest absolute Gasteiger partial charge is 0.467 e. The topological polar surface area (TPSA) is 79.3 Å². The highest BCUT2D eigenvalue weighted by Gasteiger charge is 2.17. The third kappa shape index (κ3) is 2.96. The SMILES string of the molecule is COC[C@@H](NC(=O)Nc1cccc2[nH]ccc12)c1ccco1. The molecule has 0 bridgehead atoms. The Kier molecular flexibility index (Phi) is 4.11. The Morgan fingerprint density at radius 2 is 2.23 bits per heavy atom. The van der Waals surface area contributed by atoms with Crippen molar-refractivity contribution >= 4 is 22.6 Å². The number of H-pyrrole nitrogens is 1. The summed E-state index contributed by atoms with van der Waals surface area (Å²) in [6, 6.07) is 10.5. The first-order valence-electron chi connectivity index (χ1n) is 6.94. The van der Waals surface area contributed by atoms with E-state index in [2.05, 4.69) is 15.6 Å². The standard InChI is InChI=1S/C16H17N3O3/c1-21-10-14(15-6-3-9-22-15)19-16(20)18-13-5-2-4-12-11(13)7-8-17-12/h2-9,14,17H,10H2,1H3,(H2,18,19,20)/t14-/m1/s1. The predicted molar refractivity (Wildman–Crippen MR) is 83.8 cm³/mol. The summed E-state index contributed by atoms with van der Waals surface area (Å²) in [7, 11) is 1.58. The first-order chi connectivity index (χ1) is 10.8. The molecule has 0 radical (unpaired) electrons. The van der Waals surface area contributed by atoms with E-state index in [0.29, 0.717) is 12.4 Å². The van der Waals surface area contributed by atoms with Gasteiger partial charge in [0.25, 0.3) is 0 Å². The zero-order valence-corrected chi connectivity index (χ0v) is 12.1. The smallest absolute Gasteiger partial charge is 0.319 e. The van der Waals surface area contributed by atoms with Crippen LogP contribution in [0.15, 0.2) is 53.3 Å². The van der Waals surface area contributed by atoms with Crippen molar-refractivity contribution < 1.29 is 13.9 Å². The van der Waals surface area contributed by atoms with Gasteiger partial charge < -0.3 is 24.8 Å². The third-order valence-electron chi connectivity index (χ3n) is 3.37. The highest BCUT2D eigenvalue weighted by atomic mass is 16.5. The molecule has 3 N–H and O–H groups in total. The maximum Gasteiger partial charge on any atom is 0.319 e. The Labute approximate surface area is 127 Å². The molecule has 0 aliphatic heterocycles. The average molecular weight is 299 g/mol. The molecule has 0 saturated carbocycles. The molecule has 2 amide bonds. The molecule has 22 heavy (non-hydrogen) atoms. The van der Waals surface area contributed by atoms with Crippen molar-refractivity contribution in [2.75, 3.05) is 19.0 Å². The first kappa shape index (κ1) is 14.2. The summed E-state index contributed by atoms with van der Waals surface area (Å²) >= 11 is 0. The summed E-state index contributed by atoms with van der Waals surface area (Å²) < 4.78 is 10.5. The number of urea groups is 1. The van der Waals surface area contributed by atoms with Gasteiger partial charge in [-0.15, -0.1) is 0 Å². The van der Waals surface area contributed by atoms with Crippen LogP contribution in [0.1, 0.15) is 11.8 Å². The van der Waals surface area contributed by atoms with Gasteiger partial charge in [0.15, 0.2) is 0 Å². The summed E-state index contributed by atoms with van der Waals surface area (Å²) in [5.41, 5.74) is 1.71. The molecule has 0 saturated heterocycles. The van der Waals surface area contributed by atoms with Crippen molar-refractivity contribution in [2.45, 2.75) is 6.04 Å². The molecule has 0 unspecified atom stereocenters. The number of nitrogens with one attached hydrogen (secondary N) is 3. The molecule has 3 rings (SSSR count). The summed E-state index contributed by atoms with van der Waals surface area (Å²) in [5, 5.41) is 6.66. The van der Waals surface area contributed by atoms with Gasteiger partial charge in [0.1, 0.15) is 11.8 Å². The summed E-state index contributed by atoms with van der Waals surface area (Å²) in [4.78, 5) is 15.3. The van der Waals surface area contributed by atoms with Crippen molar-refractivity contribution in [3.8, 4) is 0 Å². The number of hydrogen-bond acceptors (Lipinski definition) is 3.